The minimum absolute atomic E-state index is 0.0251. The second kappa shape index (κ2) is 9.13. The number of rotatable bonds is 8. The Balaban J connectivity index is 2.50. The molecule has 0 heterocycles. The smallest absolute Gasteiger partial charge is 0.240 e. The summed E-state index contributed by atoms with van der Waals surface area (Å²) < 4.78 is 0. The van der Waals surface area contributed by atoms with Crippen molar-refractivity contribution in [1.29, 1.82) is 0 Å². The van der Waals surface area contributed by atoms with E-state index >= 15 is 0 Å². The van der Waals surface area contributed by atoms with E-state index in [2.05, 4.69) is 48.3 Å². The molecule has 1 rings (SSSR count). The van der Waals surface area contributed by atoms with Crippen molar-refractivity contribution >= 4 is 17.8 Å². The molecule has 110 valence electrons. The van der Waals surface area contributed by atoms with Crippen molar-refractivity contribution in [3.8, 4) is 0 Å². The summed E-state index contributed by atoms with van der Waals surface area (Å²) in [4.78, 5) is 13.7. The summed E-state index contributed by atoms with van der Waals surface area (Å²) in [7, 11) is 0. The molecule has 0 saturated heterocycles. The largest absolute Gasteiger partial charge is 0.372 e. The summed E-state index contributed by atoms with van der Waals surface area (Å²) in [5, 5.41) is 3.97. The maximum absolute atomic E-state index is 11.4. The van der Waals surface area contributed by atoms with E-state index < -0.39 is 0 Å². The van der Waals surface area contributed by atoms with E-state index in [-0.39, 0.29) is 5.91 Å². The van der Waals surface area contributed by atoms with Crippen molar-refractivity contribution in [2.75, 3.05) is 18.0 Å². The standard InChI is InChI=1S/C16H25N3O/c1-4-7-8-16(20)18-17-13-14-9-11-15(12-10-14)19(5-2)6-3/h9-13H,4-8H2,1-3H3,(H,18,20). The Morgan fingerprint density at radius 2 is 1.85 bits per heavy atom. The van der Waals surface area contributed by atoms with E-state index in [1.54, 1.807) is 6.21 Å². The Kier molecular flexibility index (Phi) is 7.40. The third-order valence-corrected chi connectivity index (χ3v) is 3.18. The summed E-state index contributed by atoms with van der Waals surface area (Å²) in [6.45, 7) is 8.35. The van der Waals surface area contributed by atoms with Crippen LogP contribution in [0.15, 0.2) is 29.4 Å². The molecule has 0 aromatic heterocycles. The van der Waals surface area contributed by atoms with Crippen molar-refractivity contribution < 1.29 is 4.79 Å². The third kappa shape index (κ3) is 5.43. The molecule has 0 atom stereocenters. The van der Waals surface area contributed by atoms with Gasteiger partial charge in [0.25, 0.3) is 0 Å². The predicted molar refractivity (Wildman–Crippen MR) is 85.3 cm³/mol. The van der Waals surface area contributed by atoms with Crippen LogP contribution in [-0.4, -0.2) is 25.2 Å². The minimum atomic E-state index is -0.0251. The molecule has 0 aliphatic rings. The second-order valence-corrected chi connectivity index (χ2v) is 4.66. The van der Waals surface area contributed by atoms with Crippen molar-refractivity contribution in [2.45, 2.75) is 40.0 Å². The topological polar surface area (TPSA) is 44.7 Å². The highest BCUT2D eigenvalue weighted by Gasteiger charge is 2.00. The zero-order chi connectivity index (χ0) is 14.8. The zero-order valence-electron chi connectivity index (χ0n) is 12.7. The summed E-state index contributed by atoms with van der Waals surface area (Å²) in [6, 6.07) is 8.17. The van der Waals surface area contributed by atoms with Gasteiger partial charge in [-0.15, -0.1) is 0 Å². The van der Waals surface area contributed by atoms with Crippen LogP contribution in [0, 0.1) is 0 Å². The second-order valence-electron chi connectivity index (χ2n) is 4.66. The SMILES string of the molecule is CCCCC(=O)NN=Cc1ccc(N(CC)CC)cc1. The number of amides is 1. The molecular weight excluding hydrogens is 250 g/mol. The van der Waals surface area contributed by atoms with Crippen molar-refractivity contribution in [3.05, 3.63) is 29.8 Å². The van der Waals surface area contributed by atoms with Gasteiger partial charge in [-0.25, -0.2) is 5.43 Å². The van der Waals surface area contributed by atoms with Gasteiger partial charge in [0.2, 0.25) is 5.91 Å². The van der Waals surface area contributed by atoms with Crippen LogP contribution in [0.3, 0.4) is 0 Å². The fourth-order valence-electron chi connectivity index (χ4n) is 1.93. The van der Waals surface area contributed by atoms with Gasteiger partial charge < -0.3 is 4.90 Å². The van der Waals surface area contributed by atoms with Gasteiger partial charge in [-0.1, -0.05) is 25.5 Å². The summed E-state index contributed by atoms with van der Waals surface area (Å²) >= 11 is 0. The van der Waals surface area contributed by atoms with Crippen molar-refractivity contribution in [2.24, 2.45) is 5.10 Å². The van der Waals surface area contributed by atoms with Crippen LogP contribution < -0.4 is 10.3 Å². The number of nitrogens with zero attached hydrogens (tertiary/aromatic N) is 2. The summed E-state index contributed by atoms with van der Waals surface area (Å²) in [6.07, 6.45) is 4.13. The molecule has 4 nitrogen and oxygen atoms in total. The third-order valence-electron chi connectivity index (χ3n) is 3.18. The van der Waals surface area contributed by atoms with E-state index in [0.29, 0.717) is 6.42 Å². The Morgan fingerprint density at radius 1 is 1.20 bits per heavy atom. The molecule has 1 aromatic rings. The molecule has 20 heavy (non-hydrogen) atoms. The highest BCUT2D eigenvalue weighted by Crippen LogP contribution is 2.13. The molecule has 0 unspecified atom stereocenters. The first-order chi connectivity index (χ1) is 9.71. The molecule has 0 saturated carbocycles. The molecule has 1 N–H and O–H groups in total. The lowest BCUT2D eigenvalue weighted by Gasteiger charge is -2.20. The van der Waals surface area contributed by atoms with Crippen LogP contribution >= 0.6 is 0 Å². The van der Waals surface area contributed by atoms with Crippen LogP contribution in [0.1, 0.15) is 45.6 Å². The van der Waals surface area contributed by atoms with Gasteiger partial charge in [0.1, 0.15) is 0 Å². The molecule has 0 bridgehead atoms. The first-order valence-electron chi connectivity index (χ1n) is 7.38. The Morgan fingerprint density at radius 3 is 2.40 bits per heavy atom. The fourth-order valence-corrected chi connectivity index (χ4v) is 1.93. The fraction of sp³-hybridized carbons (Fsp3) is 0.500. The van der Waals surface area contributed by atoms with E-state index in [4.69, 9.17) is 0 Å². The maximum atomic E-state index is 11.4. The first-order valence-corrected chi connectivity index (χ1v) is 7.38. The van der Waals surface area contributed by atoms with Gasteiger partial charge in [0, 0.05) is 25.2 Å². The number of hydrogen-bond donors (Lipinski definition) is 1. The molecule has 0 spiro atoms. The Hall–Kier alpha value is -1.84. The Bertz CT molecular complexity index is 422. The molecule has 0 aliphatic carbocycles. The Labute approximate surface area is 121 Å². The van der Waals surface area contributed by atoms with E-state index in [1.807, 2.05) is 12.1 Å². The van der Waals surface area contributed by atoms with Crippen molar-refractivity contribution in [1.82, 2.24) is 5.43 Å². The minimum Gasteiger partial charge on any atom is -0.372 e. The number of anilines is 1. The zero-order valence-corrected chi connectivity index (χ0v) is 12.7. The molecule has 4 heteroatoms. The van der Waals surface area contributed by atoms with Gasteiger partial charge in [0.15, 0.2) is 0 Å². The van der Waals surface area contributed by atoms with Crippen LogP contribution in [-0.2, 0) is 4.79 Å². The average molecular weight is 275 g/mol. The monoisotopic (exact) mass is 275 g/mol. The lowest BCUT2D eigenvalue weighted by molar-refractivity contribution is -0.121. The van der Waals surface area contributed by atoms with E-state index in [0.717, 1.165) is 31.5 Å². The molecule has 0 aliphatic heterocycles. The van der Waals surface area contributed by atoms with Gasteiger partial charge in [0.05, 0.1) is 6.21 Å². The number of nitrogens with one attached hydrogen (secondary N) is 1. The van der Waals surface area contributed by atoms with Crippen LogP contribution in [0.2, 0.25) is 0 Å². The number of benzene rings is 1. The van der Waals surface area contributed by atoms with Crippen LogP contribution in [0.25, 0.3) is 0 Å². The highest BCUT2D eigenvalue weighted by molar-refractivity contribution is 5.82. The number of hydrogen-bond acceptors (Lipinski definition) is 3. The molecule has 1 amide bonds. The lowest BCUT2D eigenvalue weighted by Crippen LogP contribution is -2.21. The number of hydrazone groups is 1. The van der Waals surface area contributed by atoms with Crippen LogP contribution in [0.5, 0.6) is 0 Å². The van der Waals surface area contributed by atoms with Gasteiger partial charge in [-0.3, -0.25) is 4.79 Å². The summed E-state index contributed by atoms with van der Waals surface area (Å²) in [5.41, 5.74) is 4.74. The van der Waals surface area contributed by atoms with Crippen molar-refractivity contribution in [3.63, 3.8) is 0 Å². The first kappa shape index (κ1) is 16.2. The number of carbonyl (C=O) groups excluding carboxylic acids is 1. The molecule has 0 fully saturated rings. The molecule has 1 aromatic carbocycles. The molecular formula is C16H25N3O. The lowest BCUT2D eigenvalue weighted by atomic mass is 10.2. The predicted octanol–water partition coefficient (Wildman–Crippen LogP) is 3.17. The maximum Gasteiger partial charge on any atom is 0.240 e. The quantitative estimate of drug-likeness (QED) is 0.585. The van der Waals surface area contributed by atoms with E-state index in [9.17, 15) is 4.79 Å². The number of carbonyl (C=O) groups is 1. The van der Waals surface area contributed by atoms with Gasteiger partial charge in [-0.2, -0.15) is 5.10 Å². The normalized spacial score (nSPS) is 10.8. The van der Waals surface area contributed by atoms with Crippen LogP contribution in [0.4, 0.5) is 5.69 Å². The number of unbranched alkanes of at least 4 members (excludes halogenated alkanes) is 1. The molecule has 0 radical (unpaired) electrons. The highest BCUT2D eigenvalue weighted by atomic mass is 16.2. The van der Waals surface area contributed by atoms with E-state index in [1.165, 1.54) is 5.69 Å². The summed E-state index contributed by atoms with van der Waals surface area (Å²) in [5.74, 6) is -0.0251. The van der Waals surface area contributed by atoms with Gasteiger partial charge >= 0.3 is 0 Å². The average Bonchev–Trinajstić information content (AvgIpc) is 2.48. The van der Waals surface area contributed by atoms with Gasteiger partial charge in [-0.05, 0) is 38.0 Å².